The van der Waals surface area contributed by atoms with Gasteiger partial charge in [-0.1, -0.05) is 6.07 Å². The molecule has 2 aliphatic heterocycles. The van der Waals surface area contributed by atoms with E-state index in [9.17, 15) is 13.2 Å². The summed E-state index contributed by atoms with van der Waals surface area (Å²) < 4.78 is 29.2. The molecule has 126 valence electrons. The molecular formula is C17H19N3O3S. The first-order chi connectivity index (χ1) is 11.4. The van der Waals surface area contributed by atoms with E-state index in [-0.39, 0.29) is 22.3 Å². The van der Waals surface area contributed by atoms with E-state index in [0.717, 1.165) is 12.1 Å². The van der Waals surface area contributed by atoms with Crippen molar-refractivity contribution in [3.05, 3.63) is 58.5 Å². The second kappa shape index (κ2) is 5.46. The van der Waals surface area contributed by atoms with Gasteiger partial charge in [0.1, 0.15) is 0 Å². The summed E-state index contributed by atoms with van der Waals surface area (Å²) in [5.74, 6) is 0.231. The number of piperidine rings is 1. The number of pyridine rings is 1. The van der Waals surface area contributed by atoms with E-state index >= 15 is 0 Å². The van der Waals surface area contributed by atoms with Crippen LogP contribution in [-0.4, -0.2) is 30.4 Å². The number of anilines is 1. The van der Waals surface area contributed by atoms with Gasteiger partial charge in [-0.15, -0.1) is 0 Å². The van der Waals surface area contributed by atoms with Crippen molar-refractivity contribution in [2.75, 3.05) is 18.8 Å². The van der Waals surface area contributed by atoms with Gasteiger partial charge in [0, 0.05) is 43.0 Å². The van der Waals surface area contributed by atoms with Gasteiger partial charge >= 0.3 is 0 Å². The summed E-state index contributed by atoms with van der Waals surface area (Å²) in [4.78, 5) is 12.3. The Labute approximate surface area is 140 Å². The van der Waals surface area contributed by atoms with Crippen LogP contribution in [0.15, 0.2) is 52.2 Å². The molecule has 2 aliphatic rings. The maximum absolute atomic E-state index is 12.9. The first kappa shape index (κ1) is 15.4. The fourth-order valence-electron chi connectivity index (χ4n) is 3.84. The van der Waals surface area contributed by atoms with Gasteiger partial charge in [0.15, 0.2) is 0 Å². The fraction of sp³-hybridized carbons (Fsp3) is 0.353. The number of nitrogens with zero attached hydrogens (tertiary/aromatic N) is 2. The molecule has 1 aromatic heterocycles. The molecule has 0 radical (unpaired) electrons. The minimum atomic E-state index is -3.54. The van der Waals surface area contributed by atoms with E-state index in [1.54, 1.807) is 45.3 Å². The number of benzene rings is 1. The second-order valence-corrected chi connectivity index (χ2v) is 8.53. The predicted octanol–water partition coefficient (Wildman–Crippen LogP) is 1.24. The van der Waals surface area contributed by atoms with Crippen molar-refractivity contribution in [1.82, 2.24) is 8.87 Å². The lowest BCUT2D eigenvalue weighted by Gasteiger charge is -2.42. The van der Waals surface area contributed by atoms with Crippen molar-refractivity contribution in [3.63, 3.8) is 0 Å². The van der Waals surface area contributed by atoms with Gasteiger partial charge < -0.3 is 10.3 Å². The van der Waals surface area contributed by atoms with Crippen LogP contribution in [0.3, 0.4) is 0 Å². The molecule has 0 aliphatic carbocycles. The number of nitrogens with two attached hydrogens (primary N) is 1. The molecule has 0 amide bonds. The van der Waals surface area contributed by atoms with Crippen LogP contribution in [0, 0.1) is 5.92 Å². The topological polar surface area (TPSA) is 85.4 Å². The van der Waals surface area contributed by atoms with Crippen molar-refractivity contribution in [1.29, 1.82) is 0 Å². The molecule has 1 fully saturated rings. The van der Waals surface area contributed by atoms with Gasteiger partial charge in [-0.05, 0) is 42.7 Å². The SMILES string of the molecule is Nc1ccc(S(=O)(=O)N2C[C@@H]3C[C@H](C2)c2cccc(=O)n2C3)cc1. The van der Waals surface area contributed by atoms with Crippen LogP contribution in [0.2, 0.25) is 0 Å². The number of sulfonamides is 1. The zero-order valence-corrected chi connectivity index (χ0v) is 13.9. The van der Waals surface area contributed by atoms with Gasteiger partial charge in [0.25, 0.3) is 5.56 Å². The van der Waals surface area contributed by atoms with Gasteiger partial charge in [-0.25, -0.2) is 8.42 Å². The quantitative estimate of drug-likeness (QED) is 0.830. The molecule has 2 N–H and O–H groups in total. The maximum Gasteiger partial charge on any atom is 0.250 e. The molecule has 6 nitrogen and oxygen atoms in total. The zero-order chi connectivity index (χ0) is 16.9. The van der Waals surface area contributed by atoms with E-state index < -0.39 is 10.0 Å². The third-order valence-electron chi connectivity index (χ3n) is 4.96. The largest absolute Gasteiger partial charge is 0.399 e. The van der Waals surface area contributed by atoms with Crippen LogP contribution < -0.4 is 11.3 Å². The zero-order valence-electron chi connectivity index (χ0n) is 13.1. The number of fused-ring (bicyclic) bond motifs is 4. The first-order valence-electron chi connectivity index (χ1n) is 8.00. The number of rotatable bonds is 2. The van der Waals surface area contributed by atoms with Crippen molar-refractivity contribution in [3.8, 4) is 0 Å². The summed E-state index contributed by atoms with van der Waals surface area (Å²) in [5.41, 5.74) is 7.13. The van der Waals surface area contributed by atoms with Crippen LogP contribution in [0.4, 0.5) is 5.69 Å². The highest BCUT2D eigenvalue weighted by Crippen LogP contribution is 2.37. The molecule has 0 spiro atoms. The van der Waals surface area contributed by atoms with Crippen LogP contribution in [0.1, 0.15) is 18.0 Å². The van der Waals surface area contributed by atoms with Crippen LogP contribution in [0.5, 0.6) is 0 Å². The summed E-state index contributed by atoms with van der Waals surface area (Å²) in [5, 5.41) is 0. The Bertz CT molecular complexity index is 934. The van der Waals surface area contributed by atoms with Crippen LogP contribution >= 0.6 is 0 Å². The standard InChI is InChI=1S/C17H19N3O3S/c18-14-4-6-15(7-5-14)24(22,23)19-9-12-8-13(11-19)16-2-1-3-17(21)20(16)10-12/h1-7,12-13H,8-11,18H2/t12-,13+/m0/s1. The third-order valence-corrected chi connectivity index (χ3v) is 6.81. The molecule has 7 heteroatoms. The Hall–Kier alpha value is -2.12. The van der Waals surface area contributed by atoms with E-state index in [0.29, 0.717) is 25.3 Å². The summed E-state index contributed by atoms with van der Waals surface area (Å²) in [6.45, 7) is 1.44. The summed E-state index contributed by atoms with van der Waals surface area (Å²) in [7, 11) is -3.54. The highest BCUT2D eigenvalue weighted by molar-refractivity contribution is 7.89. The van der Waals surface area contributed by atoms with E-state index in [1.807, 2.05) is 6.07 Å². The summed E-state index contributed by atoms with van der Waals surface area (Å²) in [6, 6.07) is 11.6. The molecule has 4 rings (SSSR count). The molecule has 3 heterocycles. The molecule has 2 aromatic rings. The van der Waals surface area contributed by atoms with Crippen LogP contribution in [-0.2, 0) is 16.6 Å². The average molecular weight is 345 g/mol. The minimum Gasteiger partial charge on any atom is -0.399 e. The fourth-order valence-corrected chi connectivity index (χ4v) is 5.40. The molecular weight excluding hydrogens is 326 g/mol. The highest BCUT2D eigenvalue weighted by atomic mass is 32.2. The van der Waals surface area contributed by atoms with Crippen molar-refractivity contribution in [2.24, 2.45) is 5.92 Å². The molecule has 0 saturated carbocycles. The minimum absolute atomic E-state index is 0.00274. The van der Waals surface area contributed by atoms with Crippen molar-refractivity contribution < 1.29 is 8.42 Å². The Morgan fingerprint density at radius 3 is 2.50 bits per heavy atom. The Kier molecular flexibility index (Phi) is 3.51. The Morgan fingerprint density at radius 1 is 1.00 bits per heavy atom. The van der Waals surface area contributed by atoms with E-state index in [4.69, 9.17) is 5.73 Å². The van der Waals surface area contributed by atoms with E-state index in [1.165, 1.54) is 0 Å². The predicted molar refractivity (Wildman–Crippen MR) is 91.2 cm³/mol. The molecule has 0 unspecified atom stereocenters. The number of aromatic nitrogens is 1. The molecule has 24 heavy (non-hydrogen) atoms. The first-order valence-corrected chi connectivity index (χ1v) is 9.44. The average Bonchev–Trinajstić information content (AvgIpc) is 2.56. The van der Waals surface area contributed by atoms with Gasteiger partial charge in [0.2, 0.25) is 10.0 Å². The van der Waals surface area contributed by atoms with Gasteiger partial charge in [0.05, 0.1) is 4.90 Å². The lowest BCUT2D eigenvalue weighted by molar-refractivity contribution is 0.186. The summed E-state index contributed by atoms with van der Waals surface area (Å²) in [6.07, 6.45) is 0.928. The Balaban J connectivity index is 1.69. The third kappa shape index (κ3) is 2.44. The van der Waals surface area contributed by atoms with Crippen molar-refractivity contribution >= 4 is 15.7 Å². The van der Waals surface area contributed by atoms with Gasteiger partial charge in [-0.3, -0.25) is 4.79 Å². The molecule has 2 atom stereocenters. The highest BCUT2D eigenvalue weighted by Gasteiger charge is 2.39. The molecule has 1 aromatic carbocycles. The molecule has 2 bridgehead atoms. The van der Waals surface area contributed by atoms with Gasteiger partial charge in [-0.2, -0.15) is 4.31 Å². The maximum atomic E-state index is 12.9. The van der Waals surface area contributed by atoms with Crippen LogP contribution in [0.25, 0.3) is 0 Å². The number of nitrogen functional groups attached to an aromatic ring is 1. The lowest BCUT2D eigenvalue weighted by atomic mass is 9.84. The normalized spacial score (nSPS) is 23.7. The number of hydrogen-bond donors (Lipinski definition) is 1. The second-order valence-electron chi connectivity index (χ2n) is 6.59. The Morgan fingerprint density at radius 2 is 1.75 bits per heavy atom. The molecule has 1 saturated heterocycles. The monoisotopic (exact) mass is 345 g/mol. The van der Waals surface area contributed by atoms with E-state index in [2.05, 4.69) is 0 Å². The van der Waals surface area contributed by atoms with Crippen molar-refractivity contribution in [2.45, 2.75) is 23.8 Å². The lowest BCUT2D eigenvalue weighted by Crippen LogP contribution is -2.48. The number of hydrogen-bond acceptors (Lipinski definition) is 4. The summed E-state index contributed by atoms with van der Waals surface area (Å²) >= 11 is 0. The smallest absolute Gasteiger partial charge is 0.250 e.